The number of ether oxygens (including phenoxy) is 3. The van der Waals surface area contributed by atoms with Crippen LogP contribution in [0.25, 0.3) is 11.4 Å². The summed E-state index contributed by atoms with van der Waals surface area (Å²) in [6.07, 6.45) is 2.15. The largest absolute Gasteiger partial charge is 0.454 e. The molecule has 3 heterocycles. The van der Waals surface area contributed by atoms with Gasteiger partial charge in [0.05, 0.1) is 18.4 Å². The van der Waals surface area contributed by atoms with Crippen molar-refractivity contribution in [3.63, 3.8) is 0 Å². The highest BCUT2D eigenvalue weighted by Gasteiger charge is 2.22. The first-order valence-electron chi connectivity index (χ1n) is 10.3. The number of rotatable bonds is 7. The number of fused-ring (bicyclic) bond motifs is 1. The molecule has 32 heavy (non-hydrogen) atoms. The van der Waals surface area contributed by atoms with Gasteiger partial charge in [0.25, 0.3) is 0 Å². The summed E-state index contributed by atoms with van der Waals surface area (Å²) in [5, 5.41) is 13.0. The predicted octanol–water partition coefficient (Wildman–Crippen LogP) is 4.24. The number of hydrogen-bond donors (Lipinski definition) is 1. The van der Waals surface area contributed by atoms with Crippen molar-refractivity contribution in [1.82, 2.24) is 14.8 Å². The van der Waals surface area contributed by atoms with Crippen molar-refractivity contribution in [2.24, 2.45) is 0 Å². The number of carbonyl (C=O) groups excluding carboxylic acids is 1. The normalized spacial score (nSPS) is 17.0. The van der Waals surface area contributed by atoms with Crippen molar-refractivity contribution in [2.45, 2.75) is 30.6 Å². The van der Waals surface area contributed by atoms with Crippen LogP contribution in [0.2, 0.25) is 5.02 Å². The van der Waals surface area contributed by atoms with Crippen molar-refractivity contribution in [3.8, 4) is 22.9 Å². The number of halogens is 1. The maximum atomic E-state index is 12.6. The van der Waals surface area contributed by atoms with E-state index in [1.54, 1.807) is 18.2 Å². The zero-order valence-electron chi connectivity index (χ0n) is 17.1. The molecule has 0 spiro atoms. The van der Waals surface area contributed by atoms with Crippen molar-refractivity contribution in [2.75, 3.05) is 24.5 Å². The van der Waals surface area contributed by atoms with E-state index in [2.05, 4.69) is 15.5 Å². The first-order chi connectivity index (χ1) is 15.7. The number of carbonyl (C=O) groups is 1. The van der Waals surface area contributed by atoms with E-state index < -0.39 is 0 Å². The average molecular weight is 473 g/mol. The second kappa shape index (κ2) is 9.40. The number of nitrogens with one attached hydrogen (secondary N) is 1. The highest BCUT2D eigenvalue weighted by Crippen LogP contribution is 2.34. The highest BCUT2D eigenvalue weighted by atomic mass is 35.5. The molecule has 1 fully saturated rings. The zero-order chi connectivity index (χ0) is 21.9. The van der Waals surface area contributed by atoms with Gasteiger partial charge in [-0.1, -0.05) is 23.4 Å². The van der Waals surface area contributed by atoms with Gasteiger partial charge in [-0.15, -0.1) is 10.2 Å². The summed E-state index contributed by atoms with van der Waals surface area (Å²) < 4.78 is 18.5. The number of nitrogens with zero attached hydrogens (tertiary/aromatic N) is 3. The fraction of sp³-hybridized carbons (Fsp3) is 0.318. The molecule has 0 bridgehead atoms. The molecule has 1 amide bonds. The fourth-order valence-electron chi connectivity index (χ4n) is 3.67. The summed E-state index contributed by atoms with van der Waals surface area (Å²) in [4.78, 5) is 12.6. The van der Waals surface area contributed by atoms with Gasteiger partial charge in [-0.25, -0.2) is 0 Å². The Morgan fingerprint density at radius 3 is 2.81 bits per heavy atom. The summed E-state index contributed by atoms with van der Waals surface area (Å²) in [6.45, 7) is 1.60. The molecule has 1 atom stereocenters. The molecule has 0 saturated carbocycles. The van der Waals surface area contributed by atoms with Gasteiger partial charge in [-0.3, -0.25) is 9.36 Å². The molecular weight excluding hydrogens is 452 g/mol. The number of benzene rings is 2. The van der Waals surface area contributed by atoms with Crippen molar-refractivity contribution in [1.29, 1.82) is 0 Å². The maximum Gasteiger partial charge on any atom is 0.234 e. The number of hydrogen-bond acceptors (Lipinski definition) is 7. The minimum atomic E-state index is -0.145. The standard InChI is InChI=1S/C22H21ClN4O4S/c23-15-5-3-14(4-6-15)21-25-26-22(27(21)11-17-2-1-9-29-17)32-12-20(28)24-16-7-8-18-19(10-16)31-13-30-18/h3-8,10,17H,1-2,9,11-13H2,(H,24,28)/t17-/m1/s1. The van der Waals surface area contributed by atoms with E-state index in [9.17, 15) is 4.79 Å². The lowest BCUT2D eigenvalue weighted by Crippen LogP contribution is -2.18. The van der Waals surface area contributed by atoms with Crippen LogP contribution in [0.4, 0.5) is 5.69 Å². The maximum absolute atomic E-state index is 12.6. The molecule has 0 radical (unpaired) electrons. The molecule has 1 N–H and O–H groups in total. The molecule has 2 aromatic carbocycles. The van der Waals surface area contributed by atoms with E-state index in [1.165, 1.54) is 11.8 Å². The van der Waals surface area contributed by atoms with E-state index in [0.717, 1.165) is 30.8 Å². The summed E-state index contributed by atoms with van der Waals surface area (Å²) in [5.74, 6) is 2.08. The Hall–Kier alpha value is -2.75. The van der Waals surface area contributed by atoms with Crippen LogP contribution in [0, 0.1) is 0 Å². The van der Waals surface area contributed by atoms with E-state index in [1.807, 2.05) is 28.8 Å². The SMILES string of the molecule is O=C(CSc1nnc(-c2ccc(Cl)cc2)n1C[C@H]1CCCO1)Nc1ccc2c(c1)OCO2. The molecule has 166 valence electrons. The summed E-state index contributed by atoms with van der Waals surface area (Å²) >= 11 is 7.38. The third-order valence-corrected chi connectivity index (χ3v) is 6.44. The van der Waals surface area contributed by atoms with Crippen LogP contribution in [0.1, 0.15) is 12.8 Å². The number of amides is 1. The molecule has 0 aliphatic carbocycles. The quantitative estimate of drug-likeness (QED) is 0.514. The van der Waals surface area contributed by atoms with E-state index in [4.69, 9.17) is 25.8 Å². The van der Waals surface area contributed by atoms with Crippen LogP contribution < -0.4 is 14.8 Å². The Balaban J connectivity index is 1.30. The van der Waals surface area contributed by atoms with Gasteiger partial charge in [-0.2, -0.15) is 0 Å². The monoisotopic (exact) mass is 472 g/mol. The van der Waals surface area contributed by atoms with Crippen LogP contribution in [-0.2, 0) is 16.1 Å². The number of aromatic nitrogens is 3. The van der Waals surface area contributed by atoms with E-state index >= 15 is 0 Å². The van der Waals surface area contributed by atoms with Crippen molar-refractivity contribution in [3.05, 3.63) is 47.5 Å². The van der Waals surface area contributed by atoms with E-state index in [0.29, 0.717) is 33.9 Å². The molecule has 0 unspecified atom stereocenters. The van der Waals surface area contributed by atoms with Gasteiger partial charge in [0, 0.05) is 28.9 Å². The van der Waals surface area contributed by atoms with Gasteiger partial charge in [0.1, 0.15) is 0 Å². The topological polar surface area (TPSA) is 87.5 Å². The Kier molecular flexibility index (Phi) is 6.20. The third-order valence-electron chi connectivity index (χ3n) is 5.22. The molecule has 5 rings (SSSR count). The molecule has 3 aromatic rings. The first kappa shape index (κ1) is 21.1. The Morgan fingerprint density at radius 2 is 2.00 bits per heavy atom. The smallest absolute Gasteiger partial charge is 0.234 e. The molecule has 2 aliphatic rings. The van der Waals surface area contributed by atoms with Gasteiger partial charge in [0.15, 0.2) is 22.5 Å². The first-order valence-corrected chi connectivity index (χ1v) is 11.6. The molecular formula is C22H21ClN4O4S. The molecule has 2 aliphatic heterocycles. The Morgan fingerprint density at radius 1 is 1.16 bits per heavy atom. The van der Waals surface area contributed by atoms with Crippen LogP contribution in [-0.4, -0.2) is 45.9 Å². The van der Waals surface area contributed by atoms with Crippen molar-refractivity contribution >= 4 is 35.0 Å². The van der Waals surface area contributed by atoms with Crippen LogP contribution in [0.15, 0.2) is 47.6 Å². The molecule has 1 saturated heterocycles. The number of thioether (sulfide) groups is 1. The second-order valence-electron chi connectivity index (χ2n) is 7.46. The Bertz CT molecular complexity index is 1120. The predicted molar refractivity (Wildman–Crippen MR) is 121 cm³/mol. The van der Waals surface area contributed by atoms with Gasteiger partial charge in [-0.05, 0) is 49.2 Å². The van der Waals surface area contributed by atoms with Crippen LogP contribution in [0.3, 0.4) is 0 Å². The van der Waals surface area contributed by atoms with Crippen LogP contribution >= 0.6 is 23.4 Å². The van der Waals surface area contributed by atoms with Gasteiger partial charge >= 0.3 is 0 Å². The highest BCUT2D eigenvalue weighted by molar-refractivity contribution is 7.99. The lowest BCUT2D eigenvalue weighted by atomic mass is 10.2. The summed E-state index contributed by atoms with van der Waals surface area (Å²) in [5.41, 5.74) is 1.57. The van der Waals surface area contributed by atoms with Crippen LogP contribution in [0.5, 0.6) is 11.5 Å². The van der Waals surface area contributed by atoms with Crippen molar-refractivity contribution < 1.29 is 19.0 Å². The molecule has 8 nitrogen and oxygen atoms in total. The van der Waals surface area contributed by atoms with Gasteiger partial charge < -0.3 is 19.5 Å². The minimum Gasteiger partial charge on any atom is -0.454 e. The lowest BCUT2D eigenvalue weighted by molar-refractivity contribution is -0.113. The fourth-order valence-corrected chi connectivity index (χ4v) is 4.54. The number of anilines is 1. The molecule has 1 aromatic heterocycles. The summed E-state index contributed by atoms with van der Waals surface area (Å²) in [6, 6.07) is 12.8. The van der Waals surface area contributed by atoms with E-state index in [-0.39, 0.29) is 24.6 Å². The average Bonchev–Trinajstić information content (AvgIpc) is 3.54. The summed E-state index contributed by atoms with van der Waals surface area (Å²) in [7, 11) is 0. The van der Waals surface area contributed by atoms with Gasteiger partial charge in [0.2, 0.25) is 12.7 Å². The molecule has 10 heteroatoms. The third kappa shape index (κ3) is 4.69. The second-order valence-corrected chi connectivity index (χ2v) is 8.84. The lowest BCUT2D eigenvalue weighted by Gasteiger charge is -2.15. The Labute approximate surface area is 194 Å². The minimum absolute atomic E-state index is 0.110. The zero-order valence-corrected chi connectivity index (χ0v) is 18.7.